The lowest BCUT2D eigenvalue weighted by Crippen LogP contribution is -2.39. The number of allylic oxidation sites excluding steroid dienone is 3. The smallest absolute Gasteiger partial charge is 0.374 e. The summed E-state index contributed by atoms with van der Waals surface area (Å²) in [4.78, 5) is 29.3. The lowest BCUT2D eigenvalue weighted by Gasteiger charge is -2.29. The molecule has 8 heteroatoms. The number of ketones is 1. The number of rotatable bonds is 5. The number of carbonyl (C=O) groups is 2. The number of hydrogen-bond donors (Lipinski definition) is 2. The van der Waals surface area contributed by atoms with E-state index in [9.17, 15) is 14.7 Å². The van der Waals surface area contributed by atoms with E-state index in [1.165, 1.54) is 0 Å². The first kappa shape index (κ1) is 26.2. The van der Waals surface area contributed by atoms with Gasteiger partial charge in [0.2, 0.25) is 5.76 Å². The maximum Gasteiger partial charge on any atom is 0.374 e. The molecule has 2 atom stereocenters. The van der Waals surface area contributed by atoms with Crippen LogP contribution in [0.4, 0.5) is 0 Å². The van der Waals surface area contributed by atoms with Crippen LogP contribution in [0.2, 0.25) is 0 Å². The molecule has 3 aliphatic rings. The highest BCUT2D eigenvalue weighted by atomic mass is 16.6. The fourth-order valence-corrected chi connectivity index (χ4v) is 5.97. The van der Waals surface area contributed by atoms with Crippen molar-refractivity contribution < 1.29 is 33.6 Å². The van der Waals surface area contributed by atoms with Crippen molar-refractivity contribution in [3.63, 3.8) is 0 Å². The number of carbonyl (C=O) groups excluding carboxylic acids is 2. The van der Waals surface area contributed by atoms with E-state index >= 15 is 0 Å². The van der Waals surface area contributed by atoms with Gasteiger partial charge in [0.05, 0.1) is 24.9 Å². The molecular formula is C32H33NO7. The quantitative estimate of drug-likeness (QED) is 0.416. The van der Waals surface area contributed by atoms with Crippen LogP contribution in [0.15, 0.2) is 53.9 Å². The Labute approximate surface area is 232 Å². The number of benzene rings is 2. The van der Waals surface area contributed by atoms with Crippen LogP contribution in [0.3, 0.4) is 0 Å². The van der Waals surface area contributed by atoms with Gasteiger partial charge in [0.1, 0.15) is 29.1 Å². The van der Waals surface area contributed by atoms with Gasteiger partial charge in [0.15, 0.2) is 0 Å². The number of aliphatic hydroxyl groups is 1. The number of aromatic nitrogens is 1. The second kappa shape index (κ2) is 9.86. The van der Waals surface area contributed by atoms with E-state index in [-0.39, 0.29) is 24.1 Å². The zero-order valence-corrected chi connectivity index (χ0v) is 23.1. The molecule has 0 unspecified atom stereocenters. The summed E-state index contributed by atoms with van der Waals surface area (Å²) in [6.07, 6.45) is 5.08. The third kappa shape index (κ3) is 4.46. The minimum absolute atomic E-state index is 0.0677. The van der Waals surface area contributed by atoms with Crippen LogP contribution in [-0.2, 0) is 20.7 Å². The predicted octanol–water partition coefficient (Wildman–Crippen LogP) is 5.38. The zero-order chi connectivity index (χ0) is 28.2. The first-order valence-corrected chi connectivity index (χ1v) is 13.7. The first-order chi connectivity index (χ1) is 19.2. The Kier molecular flexibility index (Phi) is 6.45. The van der Waals surface area contributed by atoms with Gasteiger partial charge in [-0.1, -0.05) is 11.6 Å². The molecule has 1 saturated carbocycles. The highest BCUT2D eigenvalue weighted by Crippen LogP contribution is 2.52. The second-order valence-corrected chi connectivity index (χ2v) is 11.1. The lowest BCUT2D eigenvalue weighted by atomic mass is 9.77. The van der Waals surface area contributed by atoms with Gasteiger partial charge in [-0.25, -0.2) is 4.79 Å². The monoisotopic (exact) mass is 543 g/mol. The molecule has 0 amide bonds. The van der Waals surface area contributed by atoms with Gasteiger partial charge < -0.3 is 29.0 Å². The van der Waals surface area contributed by atoms with Crippen molar-refractivity contribution in [3.8, 4) is 17.2 Å². The first-order valence-electron chi connectivity index (χ1n) is 13.7. The number of ether oxygens (including phenoxy) is 4. The average molecular weight is 544 g/mol. The van der Waals surface area contributed by atoms with Crippen LogP contribution in [0.1, 0.15) is 62.6 Å². The SMILES string of the molecule is CCOC(=O)C1=C/C(=C2\CCC(=O)[C@H](c3ccc4[nH]ccc4c3)C2)c2c(cc3c(c2OC)C[C@@H](C(C)(C)O)O3)O1. The van der Waals surface area contributed by atoms with Crippen LogP contribution >= 0.6 is 0 Å². The van der Waals surface area contributed by atoms with Gasteiger partial charge in [0.25, 0.3) is 0 Å². The number of methoxy groups -OCH3 is 1. The molecule has 3 aromatic rings. The Bertz CT molecular complexity index is 1590. The molecule has 1 aliphatic carbocycles. The molecule has 208 valence electrons. The maximum atomic E-state index is 13.2. The van der Waals surface area contributed by atoms with E-state index in [4.69, 9.17) is 18.9 Å². The van der Waals surface area contributed by atoms with Gasteiger partial charge in [-0.05, 0) is 74.4 Å². The summed E-state index contributed by atoms with van der Waals surface area (Å²) in [6, 6.07) is 9.85. The Morgan fingerprint density at radius 3 is 2.73 bits per heavy atom. The average Bonchev–Trinajstić information content (AvgIpc) is 3.58. The van der Waals surface area contributed by atoms with E-state index in [2.05, 4.69) is 11.1 Å². The number of nitrogens with one attached hydrogen (secondary N) is 1. The van der Waals surface area contributed by atoms with E-state index < -0.39 is 17.7 Å². The fourth-order valence-electron chi connectivity index (χ4n) is 5.97. The molecule has 1 aromatic heterocycles. The largest absolute Gasteiger partial charge is 0.496 e. The zero-order valence-electron chi connectivity index (χ0n) is 23.1. The summed E-state index contributed by atoms with van der Waals surface area (Å²) >= 11 is 0. The lowest BCUT2D eigenvalue weighted by molar-refractivity contribution is -0.141. The third-order valence-corrected chi connectivity index (χ3v) is 8.07. The molecule has 0 bridgehead atoms. The molecule has 40 heavy (non-hydrogen) atoms. The summed E-state index contributed by atoms with van der Waals surface area (Å²) in [5.41, 5.74) is 4.33. The number of H-pyrrole nitrogens is 1. The summed E-state index contributed by atoms with van der Waals surface area (Å²) in [5, 5.41) is 11.7. The van der Waals surface area contributed by atoms with Crippen molar-refractivity contribution in [3.05, 3.63) is 70.6 Å². The molecule has 2 aromatic carbocycles. The van der Waals surface area contributed by atoms with E-state index in [0.29, 0.717) is 42.9 Å². The molecule has 0 saturated heterocycles. The highest BCUT2D eigenvalue weighted by molar-refractivity contribution is 5.98. The highest BCUT2D eigenvalue weighted by Gasteiger charge is 2.40. The van der Waals surface area contributed by atoms with Crippen LogP contribution < -0.4 is 14.2 Å². The number of esters is 1. The fraction of sp³-hybridized carbons (Fsp3) is 0.375. The topological polar surface area (TPSA) is 107 Å². The minimum Gasteiger partial charge on any atom is -0.496 e. The maximum absolute atomic E-state index is 13.2. The van der Waals surface area contributed by atoms with Crippen LogP contribution in [0.25, 0.3) is 16.5 Å². The molecule has 2 aliphatic heterocycles. The molecule has 0 radical (unpaired) electrons. The van der Waals surface area contributed by atoms with E-state index in [0.717, 1.165) is 38.7 Å². The van der Waals surface area contributed by atoms with Crippen molar-refractivity contribution in [1.29, 1.82) is 0 Å². The second-order valence-electron chi connectivity index (χ2n) is 11.1. The van der Waals surface area contributed by atoms with Crippen molar-refractivity contribution in [1.82, 2.24) is 4.98 Å². The van der Waals surface area contributed by atoms with Gasteiger partial charge in [-0.3, -0.25) is 4.79 Å². The van der Waals surface area contributed by atoms with Gasteiger partial charge in [-0.2, -0.15) is 0 Å². The van der Waals surface area contributed by atoms with E-state index in [1.807, 2.05) is 24.4 Å². The molecule has 1 fully saturated rings. The third-order valence-electron chi connectivity index (χ3n) is 8.07. The standard InChI is InChI=1S/C32H33NO7/c1-5-38-31(35)27-14-21(18-7-9-24(34)20(13-18)17-6-8-23-19(12-17)10-11-33-23)29-26(39-27)16-25-22(30(29)37-4)15-28(40-25)32(2,3)36/h6,8,10-12,14,16,20,28,33,36H,5,7,9,13,15H2,1-4H3/b21-18-/t20-,28-/m0/s1. The number of hydrogen-bond acceptors (Lipinski definition) is 7. The molecule has 2 N–H and O–H groups in total. The Morgan fingerprint density at radius 2 is 1.98 bits per heavy atom. The van der Waals surface area contributed by atoms with Crippen molar-refractivity contribution in [2.24, 2.45) is 0 Å². The predicted molar refractivity (Wildman–Crippen MR) is 150 cm³/mol. The van der Waals surface area contributed by atoms with Crippen molar-refractivity contribution >= 4 is 28.2 Å². The summed E-state index contributed by atoms with van der Waals surface area (Å²) in [6.45, 7) is 5.38. The van der Waals surface area contributed by atoms with Gasteiger partial charge >= 0.3 is 5.97 Å². The van der Waals surface area contributed by atoms with Crippen molar-refractivity contribution in [2.75, 3.05) is 13.7 Å². The molecule has 8 nitrogen and oxygen atoms in total. The van der Waals surface area contributed by atoms with Crippen LogP contribution in [0, 0.1) is 0 Å². The van der Waals surface area contributed by atoms with Gasteiger partial charge in [0, 0.05) is 42.1 Å². The Balaban J connectivity index is 1.49. The van der Waals surface area contributed by atoms with Crippen LogP contribution in [0.5, 0.6) is 17.2 Å². The van der Waals surface area contributed by atoms with Crippen LogP contribution in [-0.4, -0.2) is 47.3 Å². The minimum atomic E-state index is -1.07. The molecule has 0 spiro atoms. The Morgan fingerprint density at radius 1 is 1.15 bits per heavy atom. The molecule has 3 heterocycles. The van der Waals surface area contributed by atoms with E-state index in [1.54, 1.807) is 40.0 Å². The van der Waals surface area contributed by atoms with Crippen molar-refractivity contribution in [2.45, 2.75) is 64.1 Å². The summed E-state index contributed by atoms with van der Waals surface area (Å²) < 4.78 is 23.4. The summed E-state index contributed by atoms with van der Waals surface area (Å²) in [7, 11) is 1.60. The number of fused-ring (bicyclic) bond motifs is 3. The number of Topliss-reactive ketones (excluding diaryl/α,β-unsaturated/α-hetero) is 1. The molecule has 6 rings (SSSR count). The van der Waals surface area contributed by atoms with Gasteiger partial charge in [-0.15, -0.1) is 0 Å². The number of aromatic amines is 1. The molecular weight excluding hydrogens is 510 g/mol. The normalized spacial score (nSPS) is 22.2. The Hall–Kier alpha value is -4.04. The summed E-state index contributed by atoms with van der Waals surface area (Å²) in [5.74, 6) is 0.951.